The van der Waals surface area contributed by atoms with E-state index in [2.05, 4.69) is 11.9 Å². The Morgan fingerprint density at radius 2 is 1.80 bits per heavy atom. The monoisotopic (exact) mass is 339 g/mol. The number of ether oxygens (including phenoxy) is 1. The van der Waals surface area contributed by atoms with Gasteiger partial charge in [-0.15, -0.1) is 0 Å². The van der Waals surface area contributed by atoms with Crippen molar-refractivity contribution in [1.29, 1.82) is 0 Å². The lowest BCUT2D eigenvalue weighted by molar-refractivity contribution is 0.103. The molecule has 0 radical (unpaired) electrons. The molecule has 5 heteroatoms. The zero-order valence-corrected chi connectivity index (χ0v) is 14.6. The zero-order valence-electron chi connectivity index (χ0n) is 14.6. The maximum absolute atomic E-state index is 12.8. The third-order valence-electron chi connectivity index (χ3n) is 3.82. The van der Waals surface area contributed by atoms with Gasteiger partial charge in [0.1, 0.15) is 5.75 Å². The van der Waals surface area contributed by atoms with E-state index in [-0.39, 0.29) is 11.7 Å². The predicted octanol–water partition coefficient (Wildman–Crippen LogP) is 2.91. The van der Waals surface area contributed by atoms with Crippen LogP contribution in [0.1, 0.15) is 41.3 Å². The molecule has 0 aliphatic rings. The number of hydrogen-bond donors (Lipinski definition) is 2. The Kier molecular flexibility index (Phi) is 7.01. The van der Waals surface area contributed by atoms with E-state index >= 15 is 0 Å². The van der Waals surface area contributed by atoms with Crippen LogP contribution in [0.3, 0.4) is 0 Å². The first-order valence-electron chi connectivity index (χ1n) is 8.52. The Labute approximate surface area is 148 Å². The zero-order chi connectivity index (χ0) is 18.1. The summed E-state index contributed by atoms with van der Waals surface area (Å²) in [5.41, 5.74) is 12.9. The first-order chi connectivity index (χ1) is 12.1. The van der Waals surface area contributed by atoms with Crippen LogP contribution in [0, 0.1) is 0 Å². The molecule has 0 unspecified atom stereocenters. The predicted molar refractivity (Wildman–Crippen MR) is 101 cm³/mol. The lowest BCUT2D eigenvalue weighted by atomic mass is 9.96. The SMILES string of the molecule is CCCCOc1ccc(C(=O)c2ccccc2CCN=C(N)N)cc1. The second kappa shape index (κ2) is 9.47. The molecule has 0 bridgehead atoms. The second-order valence-corrected chi connectivity index (χ2v) is 5.77. The van der Waals surface area contributed by atoms with Crippen molar-refractivity contribution in [2.75, 3.05) is 13.2 Å². The van der Waals surface area contributed by atoms with Gasteiger partial charge in [-0.1, -0.05) is 37.6 Å². The molecule has 0 saturated carbocycles. The number of nitrogens with zero attached hydrogens (tertiary/aromatic N) is 1. The second-order valence-electron chi connectivity index (χ2n) is 5.77. The van der Waals surface area contributed by atoms with Gasteiger partial charge >= 0.3 is 0 Å². The highest BCUT2D eigenvalue weighted by Gasteiger charge is 2.13. The highest BCUT2D eigenvalue weighted by molar-refractivity contribution is 6.10. The van der Waals surface area contributed by atoms with Crippen LogP contribution >= 0.6 is 0 Å². The quantitative estimate of drug-likeness (QED) is 0.318. The molecule has 2 aromatic carbocycles. The summed E-state index contributed by atoms with van der Waals surface area (Å²) in [5.74, 6) is 0.828. The molecular weight excluding hydrogens is 314 g/mol. The van der Waals surface area contributed by atoms with E-state index < -0.39 is 0 Å². The van der Waals surface area contributed by atoms with E-state index in [0.29, 0.717) is 30.7 Å². The lowest BCUT2D eigenvalue weighted by Crippen LogP contribution is -2.23. The number of rotatable bonds is 9. The van der Waals surface area contributed by atoms with Gasteiger partial charge in [0.25, 0.3) is 0 Å². The molecule has 0 atom stereocenters. The minimum atomic E-state index is -0.0135. The third-order valence-corrected chi connectivity index (χ3v) is 3.82. The first kappa shape index (κ1) is 18.5. The largest absolute Gasteiger partial charge is 0.494 e. The fourth-order valence-electron chi connectivity index (χ4n) is 2.46. The molecule has 0 spiro atoms. The summed E-state index contributed by atoms with van der Waals surface area (Å²) in [4.78, 5) is 16.8. The molecule has 0 fully saturated rings. The van der Waals surface area contributed by atoms with Crippen LogP contribution in [0.4, 0.5) is 0 Å². The molecule has 2 aromatic rings. The molecule has 0 aliphatic carbocycles. The van der Waals surface area contributed by atoms with Crippen molar-refractivity contribution in [1.82, 2.24) is 0 Å². The molecule has 5 nitrogen and oxygen atoms in total. The van der Waals surface area contributed by atoms with Crippen molar-refractivity contribution in [2.24, 2.45) is 16.5 Å². The molecule has 25 heavy (non-hydrogen) atoms. The fraction of sp³-hybridized carbons (Fsp3) is 0.300. The number of unbranched alkanes of at least 4 members (excludes halogenated alkanes) is 1. The normalized spacial score (nSPS) is 10.3. The van der Waals surface area contributed by atoms with Crippen LogP contribution in [0.5, 0.6) is 5.75 Å². The molecule has 0 saturated heterocycles. The molecule has 2 rings (SSSR count). The number of benzene rings is 2. The van der Waals surface area contributed by atoms with Crippen molar-refractivity contribution in [3.63, 3.8) is 0 Å². The van der Waals surface area contributed by atoms with Gasteiger partial charge in [0, 0.05) is 17.7 Å². The van der Waals surface area contributed by atoms with Crippen molar-refractivity contribution in [3.05, 3.63) is 65.2 Å². The summed E-state index contributed by atoms with van der Waals surface area (Å²) in [5, 5.41) is 0. The number of carbonyl (C=O) groups excluding carboxylic acids is 1. The van der Waals surface area contributed by atoms with Crippen LogP contribution in [0.2, 0.25) is 0 Å². The summed E-state index contributed by atoms with van der Waals surface area (Å²) in [6.07, 6.45) is 2.72. The van der Waals surface area contributed by atoms with Crippen molar-refractivity contribution in [3.8, 4) is 5.75 Å². The minimum absolute atomic E-state index is 0.0135. The average molecular weight is 339 g/mol. The standard InChI is InChI=1S/C20H25N3O2/c1-2-3-14-25-17-10-8-16(9-11-17)19(24)18-7-5-4-6-15(18)12-13-23-20(21)22/h4-11H,2-3,12-14H2,1H3,(H4,21,22,23). The van der Waals surface area contributed by atoms with Gasteiger partial charge in [-0.3, -0.25) is 9.79 Å². The van der Waals surface area contributed by atoms with E-state index in [1.807, 2.05) is 36.4 Å². The number of carbonyl (C=O) groups is 1. The van der Waals surface area contributed by atoms with Gasteiger partial charge in [0.05, 0.1) is 6.61 Å². The molecule has 4 N–H and O–H groups in total. The smallest absolute Gasteiger partial charge is 0.193 e. The van der Waals surface area contributed by atoms with E-state index in [1.54, 1.807) is 12.1 Å². The summed E-state index contributed by atoms with van der Waals surface area (Å²) in [7, 11) is 0. The number of nitrogens with two attached hydrogens (primary N) is 2. The third kappa shape index (κ3) is 5.64. The maximum Gasteiger partial charge on any atom is 0.193 e. The number of ketones is 1. The van der Waals surface area contributed by atoms with Crippen molar-refractivity contribution >= 4 is 11.7 Å². The van der Waals surface area contributed by atoms with Gasteiger partial charge < -0.3 is 16.2 Å². The van der Waals surface area contributed by atoms with E-state index in [4.69, 9.17) is 16.2 Å². The van der Waals surface area contributed by atoms with Gasteiger partial charge in [0.2, 0.25) is 0 Å². The lowest BCUT2D eigenvalue weighted by Gasteiger charge is -2.09. The first-order valence-corrected chi connectivity index (χ1v) is 8.52. The Balaban J connectivity index is 2.10. The van der Waals surface area contributed by atoms with Crippen molar-refractivity contribution in [2.45, 2.75) is 26.2 Å². The van der Waals surface area contributed by atoms with E-state index in [0.717, 1.165) is 24.2 Å². The molecule has 132 valence electrons. The summed E-state index contributed by atoms with van der Waals surface area (Å²) < 4.78 is 5.64. The van der Waals surface area contributed by atoms with E-state index in [9.17, 15) is 4.79 Å². The fourth-order valence-corrected chi connectivity index (χ4v) is 2.46. The van der Waals surface area contributed by atoms with Gasteiger partial charge in [-0.25, -0.2) is 0 Å². The Morgan fingerprint density at radius 3 is 2.48 bits per heavy atom. The van der Waals surface area contributed by atoms with Gasteiger partial charge in [-0.05, 0) is 42.7 Å². The van der Waals surface area contributed by atoms with Gasteiger partial charge in [-0.2, -0.15) is 0 Å². The van der Waals surface area contributed by atoms with Gasteiger partial charge in [0.15, 0.2) is 11.7 Å². The highest BCUT2D eigenvalue weighted by Crippen LogP contribution is 2.18. The average Bonchev–Trinajstić information content (AvgIpc) is 2.62. The van der Waals surface area contributed by atoms with Crippen LogP contribution in [0.25, 0.3) is 0 Å². The minimum Gasteiger partial charge on any atom is -0.494 e. The maximum atomic E-state index is 12.8. The van der Waals surface area contributed by atoms with Crippen LogP contribution in [-0.2, 0) is 6.42 Å². The molecule has 0 amide bonds. The summed E-state index contributed by atoms with van der Waals surface area (Å²) >= 11 is 0. The molecule has 0 heterocycles. The summed E-state index contributed by atoms with van der Waals surface area (Å²) in [6, 6.07) is 14.8. The molecule has 0 aliphatic heterocycles. The Bertz CT molecular complexity index is 720. The topological polar surface area (TPSA) is 90.7 Å². The highest BCUT2D eigenvalue weighted by atomic mass is 16.5. The number of aliphatic imine (C=N–C) groups is 1. The molecular formula is C20H25N3O2. The van der Waals surface area contributed by atoms with Crippen LogP contribution < -0.4 is 16.2 Å². The number of hydrogen-bond acceptors (Lipinski definition) is 3. The summed E-state index contributed by atoms with van der Waals surface area (Å²) in [6.45, 7) is 3.27. The van der Waals surface area contributed by atoms with Crippen molar-refractivity contribution < 1.29 is 9.53 Å². The number of guanidine groups is 1. The van der Waals surface area contributed by atoms with Crippen LogP contribution in [-0.4, -0.2) is 24.9 Å². The van der Waals surface area contributed by atoms with Crippen LogP contribution in [0.15, 0.2) is 53.5 Å². The van der Waals surface area contributed by atoms with E-state index in [1.165, 1.54) is 0 Å². The Hall–Kier alpha value is -2.82. The Morgan fingerprint density at radius 1 is 1.08 bits per heavy atom. The molecule has 0 aromatic heterocycles.